The first-order chi connectivity index (χ1) is 8.43. The molecule has 18 heavy (non-hydrogen) atoms. The van der Waals surface area contributed by atoms with Crippen LogP contribution in [0.3, 0.4) is 0 Å². The quantitative estimate of drug-likeness (QED) is 0.597. The van der Waals surface area contributed by atoms with Crippen LogP contribution in [0.1, 0.15) is 0 Å². The van der Waals surface area contributed by atoms with E-state index in [1.807, 2.05) is 60.7 Å². The molecule has 0 bridgehead atoms. The average Bonchev–Trinajstić information content (AvgIpc) is 2.90. The summed E-state index contributed by atoms with van der Waals surface area (Å²) in [6.07, 6.45) is 0. The third-order valence-electron chi connectivity index (χ3n) is 2.52. The molecule has 0 N–H and O–H groups in total. The van der Waals surface area contributed by atoms with Gasteiger partial charge >= 0.3 is 51.4 Å². The Morgan fingerprint density at radius 2 is 1.00 bits per heavy atom. The van der Waals surface area contributed by atoms with Gasteiger partial charge in [-0.1, -0.05) is 60.7 Å². The van der Waals surface area contributed by atoms with E-state index in [0.29, 0.717) is 11.6 Å². The molecule has 0 atom stereocenters. The Bertz CT molecular complexity index is 551. The molecule has 0 radical (unpaired) electrons. The Morgan fingerprint density at radius 3 is 1.39 bits per heavy atom. The predicted molar refractivity (Wildman–Crippen MR) is 66.2 cm³/mol. The van der Waals surface area contributed by atoms with Crippen molar-refractivity contribution in [3.8, 4) is 22.8 Å². The van der Waals surface area contributed by atoms with Crippen molar-refractivity contribution >= 4 is 0 Å². The van der Waals surface area contributed by atoms with Gasteiger partial charge in [-0.2, -0.15) is 0 Å². The van der Waals surface area contributed by atoms with Crippen molar-refractivity contribution in [2.45, 2.75) is 0 Å². The number of rotatable bonds is 2. The Hall–Kier alpha value is -0.784. The monoisotopic (exact) mass is 259 g/mol. The second-order valence-electron chi connectivity index (χ2n) is 3.69. The van der Waals surface area contributed by atoms with Crippen molar-refractivity contribution < 1.29 is 51.4 Å². The van der Waals surface area contributed by atoms with Gasteiger partial charge in [-0.3, -0.25) is 0 Å². The Morgan fingerprint density at radius 1 is 0.611 bits per heavy atom. The van der Waals surface area contributed by atoms with Gasteiger partial charge in [0, 0.05) is 11.6 Å². The molecule has 0 saturated heterocycles. The Labute approximate surface area is 148 Å². The van der Waals surface area contributed by atoms with Gasteiger partial charge in [0.05, 0.1) is 0 Å². The molecular weight excluding hydrogens is 249 g/mol. The minimum Gasteiger partial charge on any atom is -0.357 e. The summed E-state index contributed by atoms with van der Waals surface area (Å²) in [4.78, 5) is 4.43. The number of benzene rings is 2. The van der Waals surface area contributed by atoms with Gasteiger partial charge in [-0.05, 0) is 11.1 Å². The maximum atomic E-state index is 4.43. The third kappa shape index (κ3) is 2.96. The van der Waals surface area contributed by atoms with E-state index < -0.39 is 0 Å². The van der Waals surface area contributed by atoms with Crippen LogP contribution in [-0.4, -0.2) is 10.2 Å². The summed E-state index contributed by atoms with van der Waals surface area (Å²) in [6.45, 7) is 0. The van der Waals surface area contributed by atoms with Crippen LogP contribution in [0.5, 0.6) is 0 Å². The summed E-state index contributed by atoms with van der Waals surface area (Å²) in [7, 11) is 0. The maximum Gasteiger partial charge on any atom is 1.00 e. The number of hydrogen-bond acceptors (Lipinski definition) is 2. The van der Waals surface area contributed by atoms with Gasteiger partial charge in [-0.25, -0.2) is 0 Å². The van der Waals surface area contributed by atoms with Crippen molar-refractivity contribution in [3.05, 3.63) is 60.7 Å². The third-order valence-corrected chi connectivity index (χ3v) is 2.52. The topological polar surface area (TPSA) is 39.9 Å². The normalized spacial score (nSPS) is 9.78. The SMILES string of the molecule is [K+].c1ccc(-c2nnc(-c3ccccc3)[n-]2)cc1. The van der Waals surface area contributed by atoms with Crippen LogP contribution in [0, 0.1) is 0 Å². The predicted octanol–water partition coefficient (Wildman–Crippen LogP) is -0.228. The van der Waals surface area contributed by atoms with Gasteiger partial charge < -0.3 is 15.2 Å². The Balaban J connectivity index is 0.00000120. The van der Waals surface area contributed by atoms with Gasteiger partial charge in [0.1, 0.15) is 0 Å². The molecule has 0 saturated carbocycles. The smallest absolute Gasteiger partial charge is 0.357 e. The van der Waals surface area contributed by atoms with Crippen molar-refractivity contribution in [2.75, 3.05) is 0 Å². The van der Waals surface area contributed by atoms with E-state index >= 15 is 0 Å². The number of hydrogen-bond donors (Lipinski definition) is 0. The first-order valence-electron chi connectivity index (χ1n) is 5.42. The standard InChI is InChI=1S/C14H10N3.K/c1-3-7-11(8-4-1)13-15-14(17-16-13)12-9-5-2-6-10-12;/h1-10H;/q-1;+1. The molecule has 0 spiro atoms. The molecule has 0 aliphatic carbocycles. The van der Waals surface area contributed by atoms with Crippen LogP contribution in [0.2, 0.25) is 0 Å². The van der Waals surface area contributed by atoms with E-state index in [0.717, 1.165) is 11.1 Å². The molecule has 1 aromatic heterocycles. The van der Waals surface area contributed by atoms with E-state index in [9.17, 15) is 0 Å². The molecular formula is C14H10KN3. The molecule has 0 unspecified atom stereocenters. The van der Waals surface area contributed by atoms with E-state index in [1.54, 1.807) is 0 Å². The van der Waals surface area contributed by atoms with Crippen molar-refractivity contribution in [2.24, 2.45) is 0 Å². The maximum absolute atomic E-state index is 4.43. The molecule has 0 amide bonds. The minimum atomic E-state index is 0. The van der Waals surface area contributed by atoms with Crippen molar-refractivity contribution in [3.63, 3.8) is 0 Å². The van der Waals surface area contributed by atoms with E-state index in [2.05, 4.69) is 15.2 Å². The van der Waals surface area contributed by atoms with Crippen LogP contribution in [0.25, 0.3) is 22.8 Å². The van der Waals surface area contributed by atoms with Crippen LogP contribution in [0.4, 0.5) is 0 Å². The summed E-state index contributed by atoms with van der Waals surface area (Å²) in [5, 5.41) is 8.20. The molecule has 0 aliphatic heterocycles. The van der Waals surface area contributed by atoms with Gasteiger partial charge in [0.15, 0.2) is 0 Å². The molecule has 1 heterocycles. The molecule has 4 heteroatoms. The minimum absolute atomic E-state index is 0. The first kappa shape index (κ1) is 13.6. The molecule has 0 fully saturated rings. The first-order valence-corrected chi connectivity index (χ1v) is 5.42. The average molecular weight is 259 g/mol. The molecule has 82 valence electrons. The second-order valence-corrected chi connectivity index (χ2v) is 3.69. The fourth-order valence-corrected chi connectivity index (χ4v) is 1.66. The summed E-state index contributed by atoms with van der Waals surface area (Å²) in [5.41, 5.74) is 1.98. The van der Waals surface area contributed by atoms with Crippen LogP contribution in [-0.2, 0) is 0 Å². The summed E-state index contributed by atoms with van der Waals surface area (Å²) in [5.74, 6) is 1.34. The zero-order chi connectivity index (χ0) is 11.5. The van der Waals surface area contributed by atoms with E-state index in [4.69, 9.17) is 0 Å². The second kappa shape index (κ2) is 6.40. The summed E-state index contributed by atoms with van der Waals surface area (Å²) in [6, 6.07) is 19.7. The summed E-state index contributed by atoms with van der Waals surface area (Å²) < 4.78 is 0. The molecule has 2 aromatic carbocycles. The van der Waals surface area contributed by atoms with E-state index in [1.165, 1.54) is 0 Å². The zero-order valence-electron chi connectivity index (χ0n) is 10.1. The fraction of sp³-hybridized carbons (Fsp3) is 0. The van der Waals surface area contributed by atoms with Crippen molar-refractivity contribution in [1.82, 2.24) is 15.2 Å². The van der Waals surface area contributed by atoms with E-state index in [-0.39, 0.29) is 51.4 Å². The van der Waals surface area contributed by atoms with Crippen LogP contribution in [0.15, 0.2) is 60.7 Å². The Kier molecular flexibility index (Phi) is 4.85. The van der Waals surface area contributed by atoms with Gasteiger partial charge in [-0.15, -0.1) is 0 Å². The molecule has 3 rings (SSSR count). The zero-order valence-corrected chi connectivity index (χ0v) is 13.2. The molecule has 3 aromatic rings. The number of aromatic nitrogens is 3. The molecule has 0 aliphatic rings. The largest absolute Gasteiger partial charge is 1.00 e. The van der Waals surface area contributed by atoms with Crippen LogP contribution >= 0.6 is 0 Å². The fourth-order valence-electron chi connectivity index (χ4n) is 1.66. The van der Waals surface area contributed by atoms with Gasteiger partial charge in [0.25, 0.3) is 0 Å². The van der Waals surface area contributed by atoms with Gasteiger partial charge in [0.2, 0.25) is 0 Å². The van der Waals surface area contributed by atoms with Crippen molar-refractivity contribution in [1.29, 1.82) is 0 Å². The molecule has 3 nitrogen and oxygen atoms in total. The van der Waals surface area contributed by atoms with Crippen LogP contribution < -0.4 is 56.4 Å². The summed E-state index contributed by atoms with van der Waals surface area (Å²) >= 11 is 0. The number of nitrogens with zero attached hydrogens (tertiary/aromatic N) is 3.